The molecule has 1 atom stereocenters. The van der Waals surface area contributed by atoms with Gasteiger partial charge in [-0.05, 0) is 30.7 Å². The lowest BCUT2D eigenvalue weighted by molar-refractivity contribution is -0.138. The number of rotatable bonds is 3. The number of hydrogen-bond donors (Lipinski definition) is 2. The number of carboxylic acid groups (broad SMARTS) is 1. The van der Waals surface area contributed by atoms with Gasteiger partial charge in [0.25, 0.3) is 0 Å². The van der Waals surface area contributed by atoms with Crippen LogP contribution in [0.4, 0.5) is 5.69 Å². The third-order valence-electron chi connectivity index (χ3n) is 3.12. The first-order valence-corrected chi connectivity index (χ1v) is 6.78. The molecule has 1 aliphatic heterocycles. The number of carboxylic acids is 1. The van der Waals surface area contributed by atoms with Crippen LogP contribution in [-0.4, -0.2) is 36.1 Å². The van der Waals surface area contributed by atoms with Gasteiger partial charge in [-0.3, -0.25) is 9.59 Å². The molecule has 6 heteroatoms. The van der Waals surface area contributed by atoms with Gasteiger partial charge < -0.3 is 15.3 Å². The zero-order chi connectivity index (χ0) is 14.0. The van der Waals surface area contributed by atoms with E-state index >= 15 is 0 Å². The summed E-state index contributed by atoms with van der Waals surface area (Å²) in [6.45, 7) is 2.49. The molecule has 0 aromatic heterocycles. The summed E-state index contributed by atoms with van der Waals surface area (Å²) >= 11 is 3.39. The predicted octanol–water partition coefficient (Wildman–Crippen LogP) is 1.54. The van der Waals surface area contributed by atoms with E-state index in [4.69, 9.17) is 5.11 Å². The first kappa shape index (κ1) is 14.0. The minimum absolute atomic E-state index is 0.0132. The van der Waals surface area contributed by atoms with E-state index in [1.54, 1.807) is 4.90 Å². The van der Waals surface area contributed by atoms with Crippen molar-refractivity contribution in [1.29, 1.82) is 0 Å². The maximum atomic E-state index is 12.0. The highest BCUT2D eigenvalue weighted by molar-refractivity contribution is 9.10. The molecule has 19 heavy (non-hydrogen) atoms. The molecule has 1 saturated heterocycles. The van der Waals surface area contributed by atoms with Crippen LogP contribution in [0.1, 0.15) is 12.0 Å². The molecule has 1 aromatic rings. The SMILES string of the molecule is Cc1cc(Br)ccc1N1CC(CC(=O)O)NCC1=O. The molecule has 5 nitrogen and oxygen atoms in total. The molecular weight excluding hydrogens is 312 g/mol. The maximum absolute atomic E-state index is 12.0. The molecule has 2 N–H and O–H groups in total. The Morgan fingerprint density at radius 2 is 2.32 bits per heavy atom. The lowest BCUT2D eigenvalue weighted by Crippen LogP contribution is -2.55. The van der Waals surface area contributed by atoms with Crippen molar-refractivity contribution < 1.29 is 14.7 Å². The van der Waals surface area contributed by atoms with E-state index in [0.29, 0.717) is 6.54 Å². The molecule has 1 aliphatic rings. The molecule has 1 amide bonds. The van der Waals surface area contributed by atoms with Crippen LogP contribution in [0.5, 0.6) is 0 Å². The minimum atomic E-state index is -0.862. The number of aryl methyl sites for hydroxylation is 1. The molecule has 0 saturated carbocycles. The standard InChI is InChI=1S/C13H15BrN2O3/c1-8-4-9(14)2-3-11(8)16-7-10(5-13(18)19)15-6-12(16)17/h2-4,10,15H,5-7H2,1H3,(H,18,19). The molecule has 1 fully saturated rings. The van der Waals surface area contributed by atoms with Crippen molar-refractivity contribution >= 4 is 33.5 Å². The molecular formula is C13H15BrN2O3. The number of aliphatic carboxylic acids is 1. The van der Waals surface area contributed by atoms with Crippen LogP contribution in [0.25, 0.3) is 0 Å². The summed E-state index contributed by atoms with van der Waals surface area (Å²) in [5.41, 5.74) is 1.82. The van der Waals surface area contributed by atoms with Crippen molar-refractivity contribution in [2.75, 3.05) is 18.0 Å². The van der Waals surface area contributed by atoms with Gasteiger partial charge >= 0.3 is 5.97 Å². The number of carbonyl (C=O) groups is 2. The van der Waals surface area contributed by atoms with Crippen LogP contribution in [0.3, 0.4) is 0 Å². The van der Waals surface area contributed by atoms with E-state index < -0.39 is 5.97 Å². The van der Waals surface area contributed by atoms with Crippen molar-refractivity contribution in [2.45, 2.75) is 19.4 Å². The molecule has 0 radical (unpaired) electrons. The van der Waals surface area contributed by atoms with Crippen molar-refractivity contribution in [3.05, 3.63) is 28.2 Å². The fraction of sp³-hybridized carbons (Fsp3) is 0.385. The number of nitrogens with one attached hydrogen (secondary N) is 1. The van der Waals surface area contributed by atoms with Crippen LogP contribution < -0.4 is 10.2 Å². The number of nitrogens with zero attached hydrogens (tertiary/aromatic N) is 1. The molecule has 0 bridgehead atoms. The Morgan fingerprint density at radius 1 is 1.58 bits per heavy atom. The third kappa shape index (κ3) is 3.33. The van der Waals surface area contributed by atoms with Gasteiger partial charge in [-0.2, -0.15) is 0 Å². The second-order valence-electron chi connectivity index (χ2n) is 4.61. The van der Waals surface area contributed by atoms with Crippen LogP contribution in [0.2, 0.25) is 0 Å². The zero-order valence-electron chi connectivity index (χ0n) is 10.5. The van der Waals surface area contributed by atoms with Gasteiger partial charge in [-0.15, -0.1) is 0 Å². The summed E-state index contributed by atoms with van der Waals surface area (Å²) in [7, 11) is 0. The van der Waals surface area contributed by atoms with E-state index in [-0.39, 0.29) is 24.9 Å². The second kappa shape index (κ2) is 5.71. The van der Waals surface area contributed by atoms with E-state index in [1.807, 2.05) is 25.1 Å². The number of piperazine rings is 1. The monoisotopic (exact) mass is 326 g/mol. The Morgan fingerprint density at radius 3 is 2.95 bits per heavy atom. The topological polar surface area (TPSA) is 69.6 Å². The Labute approximate surface area is 119 Å². The Hall–Kier alpha value is -1.40. The number of anilines is 1. The molecule has 1 aromatic carbocycles. The number of carbonyl (C=O) groups excluding carboxylic acids is 1. The first-order valence-electron chi connectivity index (χ1n) is 5.99. The number of benzene rings is 1. The fourth-order valence-electron chi connectivity index (χ4n) is 2.22. The average molecular weight is 327 g/mol. The molecule has 2 rings (SSSR count). The van der Waals surface area contributed by atoms with Gasteiger partial charge in [-0.25, -0.2) is 0 Å². The normalized spacial score (nSPS) is 19.6. The van der Waals surface area contributed by atoms with Gasteiger partial charge in [0.15, 0.2) is 0 Å². The average Bonchev–Trinajstić information content (AvgIpc) is 2.31. The highest BCUT2D eigenvalue weighted by atomic mass is 79.9. The van der Waals surface area contributed by atoms with Gasteiger partial charge in [0.1, 0.15) is 0 Å². The van der Waals surface area contributed by atoms with Gasteiger partial charge in [0.2, 0.25) is 5.91 Å². The van der Waals surface area contributed by atoms with E-state index in [0.717, 1.165) is 15.7 Å². The summed E-state index contributed by atoms with van der Waals surface area (Å²) in [6.07, 6.45) is 0.0132. The van der Waals surface area contributed by atoms with Crippen LogP contribution >= 0.6 is 15.9 Å². The van der Waals surface area contributed by atoms with Crippen LogP contribution in [0, 0.1) is 6.92 Å². The Kier molecular flexibility index (Phi) is 4.21. The highest BCUT2D eigenvalue weighted by Crippen LogP contribution is 2.25. The lowest BCUT2D eigenvalue weighted by atomic mass is 10.1. The quantitative estimate of drug-likeness (QED) is 0.884. The van der Waals surface area contributed by atoms with Gasteiger partial charge in [0.05, 0.1) is 13.0 Å². The Balaban J connectivity index is 2.21. The highest BCUT2D eigenvalue weighted by Gasteiger charge is 2.28. The second-order valence-corrected chi connectivity index (χ2v) is 5.53. The number of halogens is 1. The first-order chi connectivity index (χ1) is 8.97. The lowest BCUT2D eigenvalue weighted by Gasteiger charge is -2.33. The molecule has 0 aliphatic carbocycles. The number of amides is 1. The van der Waals surface area contributed by atoms with E-state index in [9.17, 15) is 9.59 Å². The minimum Gasteiger partial charge on any atom is -0.481 e. The summed E-state index contributed by atoms with van der Waals surface area (Å²) in [5.74, 6) is -0.897. The molecule has 102 valence electrons. The molecule has 1 heterocycles. The number of hydrogen-bond acceptors (Lipinski definition) is 3. The zero-order valence-corrected chi connectivity index (χ0v) is 12.1. The van der Waals surface area contributed by atoms with Gasteiger partial charge in [0, 0.05) is 22.7 Å². The third-order valence-corrected chi connectivity index (χ3v) is 3.61. The summed E-state index contributed by atoms with van der Waals surface area (Å²) in [4.78, 5) is 24.4. The van der Waals surface area contributed by atoms with Gasteiger partial charge in [-0.1, -0.05) is 15.9 Å². The van der Waals surface area contributed by atoms with Crippen molar-refractivity contribution in [1.82, 2.24) is 5.32 Å². The Bertz CT molecular complexity index is 519. The predicted molar refractivity (Wildman–Crippen MR) is 75.3 cm³/mol. The smallest absolute Gasteiger partial charge is 0.304 e. The summed E-state index contributed by atoms with van der Waals surface area (Å²) in [6, 6.07) is 5.49. The largest absolute Gasteiger partial charge is 0.481 e. The molecule has 1 unspecified atom stereocenters. The summed E-state index contributed by atoms with van der Waals surface area (Å²) < 4.78 is 0.957. The van der Waals surface area contributed by atoms with Crippen LogP contribution in [0.15, 0.2) is 22.7 Å². The van der Waals surface area contributed by atoms with Crippen molar-refractivity contribution in [3.8, 4) is 0 Å². The van der Waals surface area contributed by atoms with Crippen molar-refractivity contribution in [3.63, 3.8) is 0 Å². The van der Waals surface area contributed by atoms with Crippen LogP contribution in [-0.2, 0) is 9.59 Å². The molecule has 0 spiro atoms. The van der Waals surface area contributed by atoms with E-state index in [1.165, 1.54) is 0 Å². The fourth-order valence-corrected chi connectivity index (χ4v) is 2.69. The summed E-state index contributed by atoms with van der Waals surface area (Å²) in [5, 5.41) is 11.8. The maximum Gasteiger partial charge on any atom is 0.304 e. The van der Waals surface area contributed by atoms with Crippen molar-refractivity contribution in [2.24, 2.45) is 0 Å². The van der Waals surface area contributed by atoms with E-state index in [2.05, 4.69) is 21.2 Å².